The Bertz CT molecular complexity index is 1070. The minimum absolute atomic E-state index is 0.431. The summed E-state index contributed by atoms with van der Waals surface area (Å²) in [6, 6.07) is 17.1. The molecule has 4 rings (SSSR count). The zero-order valence-corrected chi connectivity index (χ0v) is 14.8. The van der Waals surface area contributed by atoms with E-state index < -0.39 is 0 Å². The van der Waals surface area contributed by atoms with Crippen molar-refractivity contribution in [3.63, 3.8) is 0 Å². The van der Waals surface area contributed by atoms with Crippen LogP contribution in [0.2, 0.25) is 0 Å². The molecule has 2 aromatic heterocycles. The highest BCUT2D eigenvalue weighted by molar-refractivity contribution is 7.09. The van der Waals surface area contributed by atoms with Gasteiger partial charge in [0, 0.05) is 22.1 Å². The number of benzene rings is 2. The average Bonchev–Trinajstić information content (AvgIpc) is 3.38. The van der Waals surface area contributed by atoms with E-state index in [4.69, 9.17) is 9.78 Å². The van der Waals surface area contributed by atoms with Crippen molar-refractivity contribution in [1.82, 2.24) is 15.1 Å². The second-order valence-electron chi connectivity index (χ2n) is 5.67. The molecule has 0 saturated heterocycles. The Morgan fingerprint density at radius 1 is 0.962 bits per heavy atom. The maximum Gasteiger partial charge on any atom is 0.258 e. The van der Waals surface area contributed by atoms with Crippen LogP contribution >= 0.6 is 11.3 Å². The summed E-state index contributed by atoms with van der Waals surface area (Å²) in [5.74, 6) is 0.962. The summed E-state index contributed by atoms with van der Waals surface area (Å²) in [5.41, 5.74) is 4.32. The van der Waals surface area contributed by atoms with Crippen molar-refractivity contribution in [3.8, 4) is 40.2 Å². The molecular formula is C20H14N4OS. The van der Waals surface area contributed by atoms with Crippen LogP contribution in [0.3, 0.4) is 0 Å². The van der Waals surface area contributed by atoms with Crippen LogP contribution < -0.4 is 0 Å². The lowest BCUT2D eigenvalue weighted by molar-refractivity contribution is 0.432. The summed E-state index contributed by atoms with van der Waals surface area (Å²) in [6.45, 7) is 2.10. The molecule has 2 heterocycles. The third kappa shape index (κ3) is 3.13. The van der Waals surface area contributed by atoms with E-state index in [1.165, 1.54) is 0 Å². The Kier molecular flexibility index (Phi) is 4.30. The molecule has 4 aromatic rings. The highest BCUT2D eigenvalue weighted by Gasteiger charge is 2.11. The van der Waals surface area contributed by atoms with E-state index in [9.17, 15) is 0 Å². The summed E-state index contributed by atoms with van der Waals surface area (Å²) in [6.07, 6.45) is 0.948. The van der Waals surface area contributed by atoms with Crippen molar-refractivity contribution in [3.05, 3.63) is 64.5 Å². The van der Waals surface area contributed by atoms with Gasteiger partial charge in [-0.15, -0.1) is 11.3 Å². The summed E-state index contributed by atoms with van der Waals surface area (Å²) in [7, 11) is 0. The van der Waals surface area contributed by atoms with Gasteiger partial charge >= 0.3 is 0 Å². The fourth-order valence-corrected chi connectivity index (χ4v) is 3.30. The van der Waals surface area contributed by atoms with Crippen molar-refractivity contribution < 1.29 is 4.52 Å². The molecule has 0 fully saturated rings. The van der Waals surface area contributed by atoms with Gasteiger partial charge < -0.3 is 4.52 Å². The van der Waals surface area contributed by atoms with Gasteiger partial charge in [0.1, 0.15) is 0 Å². The van der Waals surface area contributed by atoms with E-state index in [-0.39, 0.29) is 0 Å². The maximum absolute atomic E-state index is 8.87. The molecule has 0 saturated carbocycles. The molecule has 0 aliphatic rings. The predicted octanol–water partition coefficient (Wildman–Crippen LogP) is 4.96. The van der Waals surface area contributed by atoms with E-state index >= 15 is 0 Å². The number of thiazole rings is 1. The molecule has 2 aromatic carbocycles. The van der Waals surface area contributed by atoms with E-state index in [1.807, 2.05) is 24.3 Å². The molecule has 0 amide bonds. The first-order valence-electron chi connectivity index (χ1n) is 8.16. The highest BCUT2D eigenvalue weighted by atomic mass is 32.1. The number of aromatic nitrogens is 3. The third-order valence-corrected chi connectivity index (χ3v) is 4.97. The van der Waals surface area contributed by atoms with Crippen molar-refractivity contribution in [2.45, 2.75) is 13.3 Å². The summed E-state index contributed by atoms with van der Waals surface area (Å²) < 4.78 is 5.36. The second-order valence-corrected chi connectivity index (χ2v) is 6.61. The molecule has 0 aliphatic carbocycles. The van der Waals surface area contributed by atoms with Gasteiger partial charge in [0.05, 0.1) is 22.3 Å². The minimum Gasteiger partial charge on any atom is -0.334 e. The number of nitrogens with zero attached hydrogens (tertiary/aromatic N) is 4. The molecule has 0 N–H and O–H groups in total. The number of rotatable bonds is 4. The molecule has 6 heteroatoms. The monoisotopic (exact) mass is 358 g/mol. The number of hydrogen-bond acceptors (Lipinski definition) is 6. The SMILES string of the molecule is CCc1nc(-c2ccc(-c3noc(-c4ccc(C#N)cc4)n3)cc2)cs1. The molecule has 0 atom stereocenters. The van der Waals surface area contributed by atoms with Gasteiger partial charge in [-0.25, -0.2) is 4.98 Å². The molecule has 5 nitrogen and oxygen atoms in total. The van der Waals surface area contributed by atoms with Crippen molar-refractivity contribution in [1.29, 1.82) is 5.26 Å². The number of aryl methyl sites for hydroxylation is 1. The first-order valence-corrected chi connectivity index (χ1v) is 9.04. The molecular weight excluding hydrogens is 344 g/mol. The number of nitriles is 1. The molecule has 0 unspecified atom stereocenters. The standard InChI is InChI=1S/C20H14N4OS/c1-2-18-22-17(12-26-18)14-7-9-15(10-8-14)19-23-20(25-24-19)16-5-3-13(11-21)4-6-16/h3-10,12H,2H2,1H3. The Morgan fingerprint density at radius 2 is 1.65 bits per heavy atom. The zero-order chi connectivity index (χ0) is 17.9. The van der Waals surface area contributed by atoms with Gasteiger partial charge in [-0.3, -0.25) is 0 Å². The molecule has 126 valence electrons. The zero-order valence-electron chi connectivity index (χ0n) is 14.0. The van der Waals surface area contributed by atoms with Gasteiger partial charge in [0.25, 0.3) is 5.89 Å². The van der Waals surface area contributed by atoms with Gasteiger partial charge in [-0.1, -0.05) is 36.3 Å². The Balaban J connectivity index is 1.58. The van der Waals surface area contributed by atoms with Gasteiger partial charge in [0.15, 0.2) is 0 Å². The lowest BCUT2D eigenvalue weighted by Crippen LogP contribution is -1.84. The maximum atomic E-state index is 8.87. The van der Waals surface area contributed by atoms with Crippen LogP contribution in [-0.2, 0) is 6.42 Å². The fourth-order valence-electron chi connectivity index (χ4n) is 2.54. The molecule has 0 radical (unpaired) electrons. The summed E-state index contributed by atoms with van der Waals surface area (Å²) in [4.78, 5) is 9.06. The van der Waals surface area contributed by atoms with Crippen LogP contribution in [0, 0.1) is 11.3 Å². The molecule has 0 aliphatic heterocycles. The van der Waals surface area contributed by atoms with Gasteiger partial charge in [0.2, 0.25) is 5.82 Å². The Labute approximate surface area is 154 Å². The van der Waals surface area contributed by atoms with Gasteiger partial charge in [-0.05, 0) is 30.7 Å². The molecule has 0 bridgehead atoms. The van der Waals surface area contributed by atoms with Crippen LogP contribution in [0.4, 0.5) is 0 Å². The first-order chi connectivity index (χ1) is 12.8. The topological polar surface area (TPSA) is 75.6 Å². The summed E-state index contributed by atoms with van der Waals surface area (Å²) >= 11 is 1.68. The van der Waals surface area contributed by atoms with Crippen LogP contribution in [0.5, 0.6) is 0 Å². The quantitative estimate of drug-likeness (QED) is 0.515. The Morgan fingerprint density at radius 3 is 2.31 bits per heavy atom. The fraction of sp³-hybridized carbons (Fsp3) is 0.100. The summed E-state index contributed by atoms with van der Waals surface area (Å²) in [5, 5.41) is 16.1. The van der Waals surface area contributed by atoms with E-state index in [0.29, 0.717) is 17.3 Å². The van der Waals surface area contributed by atoms with E-state index in [0.717, 1.165) is 33.8 Å². The predicted molar refractivity (Wildman–Crippen MR) is 100 cm³/mol. The van der Waals surface area contributed by atoms with Gasteiger partial charge in [-0.2, -0.15) is 10.2 Å². The lowest BCUT2D eigenvalue weighted by Gasteiger charge is -1.98. The largest absolute Gasteiger partial charge is 0.334 e. The van der Waals surface area contributed by atoms with Crippen LogP contribution in [0.15, 0.2) is 58.4 Å². The Hall–Kier alpha value is -3.30. The third-order valence-electron chi connectivity index (χ3n) is 3.98. The van der Waals surface area contributed by atoms with E-state index in [1.54, 1.807) is 35.6 Å². The van der Waals surface area contributed by atoms with Crippen LogP contribution in [0.1, 0.15) is 17.5 Å². The van der Waals surface area contributed by atoms with Crippen molar-refractivity contribution in [2.24, 2.45) is 0 Å². The molecule has 0 spiro atoms. The van der Waals surface area contributed by atoms with E-state index in [2.05, 4.69) is 33.5 Å². The van der Waals surface area contributed by atoms with Crippen molar-refractivity contribution >= 4 is 11.3 Å². The lowest BCUT2D eigenvalue weighted by atomic mass is 10.1. The first kappa shape index (κ1) is 16.2. The molecule has 26 heavy (non-hydrogen) atoms. The smallest absolute Gasteiger partial charge is 0.258 e. The van der Waals surface area contributed by atoms with Crippen LogP contribution in [-0.4, -0.2) is 15.1 Å². The highest BCUT2D eigenvalue weighted by Crippen LogP contribution is 2.26. The van der Waals surface area contributed by atoms with Crippen molar-refractivity contribution in [2.75, 3.05) is 0 Å². The second kappa shape index (κ2) is 6.90. The minimum atomic E-state index is 0.431. The van der Waals surface area contributed by atoms with Crippen LogP contribution in [0.25, 0.3) is 34.1 Å². The average molecular weight is 358 g/mol. The number of hydrogen-bond donors (Lipinski definition) is 0. The normalized spacial score (nSPS) is 10.6.